The number of phenolic OH excluding ortho intramolecular Hbond substituents is 1. The molecule has 182 valence electrons. The van der Waals surface area contributed by atoms with Crippen LogP contribution in [0.15, 0.2) is 42.5 Å². The monoisotopic (exact) mass is 502 g/mol. The van der Waals surface area contributed by atoms with Crippen molar-refractivity contribution in [1.82, 2.24) is 10.2 Å². The number of aromatic hydroxyl groups is 1. The average molecular weight is 503 g/mol. The van der Waals surface area contributed by atoms with Crippen LogP contribution in [0.4, 0.5) is 0 Å². The van der Waals surface area contributed by atoms with Crippen LogP contribution in [-0.4, -0.2) is 52.3 Å². The second-order valence-corrected chi connectivity index (χ2v) is 11.3. The van der Waals surface area contributed by atoms with Crippen LogP contribution in [0.3, 0.4) is 0 Å². The van der Waals surface area contributed by atoms with Crippen molar-refractivity contribution in [3.05, 3.63) is 63.6 Å². The number of hydrogen-bond donors (Lipinski definition) is 3. The summed E-state index contributed by atoms with van der Waals surface area (Å²) in [4.78, 5) is 15.3. The second kappa shape index (κ2) is 9.34. The highest BCUT2D eigenvalue weighted by Crippen LogP contribution is 2.52. The summed E-state index contributed by atoms with van der Waals surface area (Å²) in [6.07, 6.45) is 5.60. The molecule has 1 heterocycles. The first-order valence-corrected chi connectivity index (χ1v) is 13.0. The maximum Gasteiger partial charge on any atom is 0.224 e. The molecule has 2 aromatic rings. The summed E-state index contributed by atoms with van der Waals surface area (Å²) in [6, 6.07) is 12.5. The minimum absolute atomic E-state index is 0.0483. The smallest absolute Gasteiger partial charge is 0.224 e. The highest BCUT2D eigenvalue weighted by molar-refractivity contribution is 6.42. The topological polar surface area (TPSA) is 72.8 Å². The van der Waals surface area contributed by atoms with E-state index < -0.39 is 11.0 Å². The minimum Gasteiger partial charge on any atom is -0.508 e. The number of carbonyl (C=O) groups is 1. The zero-order valence-electron chi connectivity index (χ0n) is 19.3. The highest BCUT2D eigenvalue weighted by atomic mass is 35.5. The van der Waals surface area contributed by atoms with Crippen molar-refractivity contribution in [1.29, 1.82) is 0 Å². The van der Waals surface area contributed by atoms with E-state index in [4.69, 9.17) is 23.2 Å². The Morgan fingerprint density at radius 3 is 2.65 bits per heavy atom. The molecule has 0 spiro atoms. The fraction of sp³-hybridized carbons (Fsp3) is 0.519. The van der Waals surface area contributed by atoms with Crippen molar-refractivity contribution in [2.45, 2.75) is 62.0 Å². The number of carbonyl (C=O) groups excluding carboxylic acids is 1. The summed E-state index contributed by atoms with van der Waals surface area (Å²) in [5, 5.41) is 26.4. The fourth-order valence-corrected chi connectivity index (χ4v) is 6.44. The molecule has 3 atom stereocenters. The van der Waals surface area contributed by atoms with E-state index in [9.17, 15) is 15.0 Å². The maximum absolute atomic E-state index is 12.9. The lowest BCUT2D eigenvalue weighted by atomic mass is 9.55. The van der Waals surface area contributed by atoms with E-state index in [0.29, 0.717) is 29.4 Å². The molecule has 2 aliphatic carbocycles. The number of halogens is 2. The number of phenols is 1. The number of nitrogens with zero attached hydrogens (tertiary/aromatic N) is 1. The Bertz CT molecular complexity index is 1080. The quantitative estimate of drug-likeness (QED) is 0.535. The summed E-state index contributed by atoms with van der Waals surface area (Å²) in [5.74, 6) is 0.917. The Morgan fingerprint density at radius 1 is 1.09 bits per heavy atom. The van der Waals surface area contributed by atoms with Gasteiger partial charge in [0.25, 0.3) is 0 Å². The SMILES string of the molecule is O=C(Cc1ccc(Cl)c(Cl)c1)N[C@H]1CC[C@]2(O)CN(CC3CC3)CC[C@@]2(c2cccc(O)c2)C1. The summed E-state index contributed by atoms with van der Waals surface area (Å²) >= 11 is 12.1. The third kappa shape index (κ3) is 4.81. The molecule has 1 amide bonds. The second-order valence-electron chi connectivity index (χ2n) is 10.5. The number of likely N-dealkylation sites (tertiary alicyclic amines) is 1. The molecule has 5 nitrogen and oxygen atoms in total. The van der Waals surface area contributed by atoms with Crippen molar-refractivity contribution < 1.29 is 15.0 Å². The van der Waals surface area contributed by atoms with Crippen LogP contribution in [0.2, 0.25) is 10.0 Å². The maximum atomic E-state index is 12.9. The van der Waals surface area contributed by atoms with E-state index in [1.165, 1.54) is 12.8 Å². The lowest BCUT2D eigenvalue weighted by Crippen LogP contribution is -2.67. The molecule has 0 unspecified atom stereocenters. The van der Waals surface area contributed by atoms with Gasteiger partial charge < -0.3 is 20.4 Å². The minimum atomic E-state index is -0.890. The van der Waals surface area contributed by atoms with Gasteiger partial charge in [0.2, 0.25) is 5.91 Å². The van der Waals surface area contributed by atoms with Crippen LogP contribution in [0.1, 0.15) is 49.7 Å². The van der Waals surface area contributed by atoms with Crippen LogP contribution in [0.25, 0.3) is 0 Å². The predicted molar refractivity (Wildman–Crippen MR) is 134 cm³/mol. The number of fused-ring (bicyclic) bond motifs is 1. The normalized spacial score (nSPS) is 29.4. The summed E-state index contributed by atoms with van der Waals surface area (Å²) in [5.41, 5.74) is 0.379. The molecule has 3 aliphatic rings. The lowest BCUT2D eigenvalue weighted by molar-refractivity contribution is -0.133. The molecule has 3 N–H and O–H groups in total. The number of amides is 1. The molecular formula is C27H32Cl2N2O3. The highest BCUT2D eigenvalue weighted by Gasteiger charge is 2.57. The molecule has 0 bridgehead atoms. The van der Waals surface area contributed by atoms with Crippen molar-refractivity contribution in [3.63, 3.8) is 0 Å². The van der Waals surface area contributed by atoms with Gasteiger partial charge in [-0.3, -0.25) is 4.79 Å². The molecule has 3 fully saturated rings. The lowest BCUT2D eigenvalue weighted by Gasteiger charge is -2.58. The van der Waals surface area contributed by atoms with E-state index in [0.717, 1.165) is 43.0 Å². The van der Waals surface area contributed by atoms with Gasteiger partial charge in [0, 0.05) is 24.5 Å². The Hall–Kier alpha value is -1.79. The zero-order chi connectivity index (χ0) is 23.9. The standard InChI is InChI=1S/C27H32Cl2N2O3/c28-23-7-6-19(12-24(23)29)13-25(33)30-21-8-9-27(34)17-31(16-18-4-5-18)11-10-26(27,15-21)20-2-1-3-22(32)14-20/h1-3,6-7,12,14,18,21,32,34H,4-5,8-11,13,15-17H2,(H,30,33)/t21-,26-,27-/m0/s1. The first kappa shape index (κ1) is 23.9. The molecule has 7 heteroatoms. The Morgan fingerprint density at radius 2 is 1.91 bits per heavy atom. The molecule has 0 aromatic heterocycles. The molecule has 1 aliphatic heterocycles. The van der Waals surface area contributed by atoms with Gasteiger partial charge in [0.1, 0.15) is 5.75 Å². The van der Waals surface area contributed by atoms with Gasteiger partial charge in [-0.1, -0.05) is 41.4 Å². The number of benzene rings is 2. The Labute approximate surface area is 211 Å². The fourth-order valence-electron chi connectivity index (χ4n) is 6.12. The molecule has 34 heavy (non-hydrogen) atoms. The summed E-state index contributed by atoms with van der Waals surface area (Å²) < 4.78 is 0. The van der Waals surface area contributed by atoms with Crippen molar-refractivity contribution >= 4 is 29.1 Å². The first-order chi connectivity index (χ1) is 16.3. The van der Waals surface area contributed by atoms with E-state index in [1.807, 2.05) is 18.2 Å². The van der Waals surface area contributed by atoms with E-state index in [-0.39, 0.29) is 24.1 Å². The van der Waals surface area contributed by atoms with Gasteiger partial charge >= 0.3 is 0 Å². The van der Waals surface area contributed by atoms with Gasteiger partial charge in [-0.2, -0.15) is 0 Å². The van der Waals surface area contributed by atoms with Gasteiger partial charge in [-0.15, -0.1) is 0 Å². The third-order valence-corrected chi connectivity index (χ3v) is 8.80. The number of aliphatic hydroxyl groups is 1. The van der Waals surface area contributed by atoms with Crippen LogP contribution in [0, 0.1) is 5.92 Å². The van der Waals surface area contributed by atoms with Gasteiger partial charge in [-0.05, 0) is 86.4 Å². The van der Waals surface area contributed by atoms with Gasteiger partial charge in [0.05, 0.1) is 22.1 Å². The predicted octanol–water partition coefficient (Wildman–Crippen LogP) is 4.70. The number of rotatable bonds is 6. The number of hydrogen-bond acceptors (Lipinski definition) is 4. The van der Waals surface area contributed by atoms with E-state index >= 15 is 0 Å². The molecule has 2 saturated carbocycles. The van der Waals surface area contributed by atoms with Gasteiger partial charge in [0.15, 0.2) is 0 Å². The number of nitrogens with one attached hydrogen (secondary N) is 1. The molecular weight excluding hydrogens is 471 g/mol. The largest absolute Gasteiger partial charge is 0.508 e. The van der Waals surface area contributed by atoms with Crippen molar-refractivity contribution in [2.24, 2.45) is 5.92 Å². The average Bonchev–Trinajstić information content (AvgIpc) is 3.60. The summed E-state index contributed by atoms with van der Waals surface area (Å²) in [7, 11) is 0. The Kier molecular flexibility index (Phi) is 6.58. The third-order valence-electron chi connectivity index (χ3n) is 8.06. The van der Waals surface area contributed by atoms with Crippen LogP contribution in [0.5, 0.6) is 5.75 Å². The molecule has 2 aromatic carbocycles. The Balaban J connectivity index is 1.35. The van der Waals surface area contributed by atoms with Gasteiger partial charge in [-0.25, -0.2) is 0 Å². The van der Waals surface area contributed by atoms with E-state index in [1.54, 1.807) is 24.3 Å². The zero-order valence-corrected chi connectivity index (χ0v) is 20.8. The first-order valence-electron chi connectivity index (χ1n) is 12.2. The number of β-amino-alcohol motifs (C(OH)–C–C–N with tert-alkyl or cyclic N) is 1. The summed E-state index contributed by atoms with van der Waals surface area (Å²) in [6.45, 7) is 2.61. The van der Waals surface area contributed by atoms with Crippen molar-refractivity contribution in [2.75, 3.05) is 19.6 Å². The van der Waals surface area contributed by atoms with Crippen LogP contribution < -0.4 is 5.32 Å². The molecule has 1 saturated heterocycles. The molecule has 5 rings (SSSR count). The van der Waals surface area contributed by atoms with Crippen LogP contribution >= 0.6 is 23.2 Å². The van der Waals surface area contributed by atoms with Crippen molar-refractivity contribution in [3.8, 4) is 5.75 Å². The van der Waals surface area contributed by atoms with E-state index in [2.05, 4.69) is 10.2 Å². The van der Waals surface area contributed by atoms with Crippen LogP contribution in [-0.2, 0) is 16.6 Å². The molecule has 0 radical (unpaired) electrons. The number of piperidine rings is 1.